The number of aromatic nitrogens is 3. The van der Waals surface area contributed by atoms with Crippen LogP contribution in [0.3, 0.4) is 0 Å². The summed E-state index contributed by atoms with van der Waals surface area (Å²) in [7, 11) is 1.26. The van der Waals surface area contributed by atoms with E-state index in [1.165, 1.54) is 37.6 Å². The van der Waals surface area contributed by atoms with E-state index in [9.17, 15) is 22.8 Å². The molecular formula is C22H15F3N4O4. The van der Waals surface area contributed by atoms with Gasteiger partial charge < -0.3 is 19.8 Å². The van der Waals surface area contributed by atoms with Gasteiger partial charge in [0.15, 0.2) is 5.82 Å². The molecule has 168 valence electrons. The first-order valence-electron chi connectivity index (χ1n) is 9.43. The van der Waals surface area contributed by atoms with E-state index in [2.05, 4.69) is 25.0 Å². The van der Waals surface area contributed by atoms with Gasteiger partial charge in [-0.25, -0.2) is 14.8 Å². The number of hydrogen-bond acceptors (Lipinski definition) is 6. The number of alkyl halides is 3. The van der Waals surface area contributed by atoms with Crippen LogP contribution in [-0.2, 0) is 10.9 Å². The number of aromatic amines is 1. The summed E-state index contributed by atoms with van der Waals surface area (Å²) in [5, 5.41) is 2.60. The lowest BCUT2D eigenvalue weighted by molar-refractivity contribution is -0.137. The molecule has 1 amide bonds. The van der Waals surface area contributed by atoms with E-state index in [4.69, 9.17) is 4.74 Å². The second-order valence-corrected chi connectivity index (χ2v) is 6.77. The number of fused-ring (bicyclic) bond motifs is 1. The fraction of sp³-hybridized carbons (Fsp3) is 0.0909. The fourth-order valence-corrected chi connectivity index (χ4v) is 2.95. The van der Waals surface area contributed by atoms with Gasteiger partial charge in [-0.2, -0.15) is 13.2 Å². The Morgan fingerprint density at radius 1 is 1.06 bits per heavy atom. The van der Waals surface area contributed by atoms with Crippen LogP contribution < -0.4 is 10.1 Å². The third-order valence-corrected chi connectivity index (χ3v) is 4.49. The third kappa shape index (κ3) is 4.92. The molecule has 0 saturated heterocycles. The highest BCUT2D eigenvalue weighted by molar-refractivity contribution is 6.03. The number of carbonyl (C=O) groups excluding carboxylic acids is 2. The smallest absolute Gasteiger partial charge is 0.416 e. The zero-order valence-electron chi connectivity index (χ0n) is 16.9. The number of anilines is 1. The van der Waals surface area contributed by atoms with Crippen LogP contribution in [-0.4, -0.2) is 33.9 Å². The lowest BCUT2D eigenvalue weighted by atomic mass is 10.2. The Morgan fingerprint density at radius 3 is 2.64 bits per heavy atom. The molecule has 0 unspecified atom stereocenters. The molecule has 8 nitrogen and oxygen atoms in total. The van der Waals surface area contributed by atoms with E-state index < -0.39 is 23.6 Å². The zero-order valence-corrected chi connectivity index (χ0v) is 16.9. The van der Waals surface area contributed by atoms with Crippen LogP contribution in [0.1, 0.15) is 26.5 Å². The van der Waals surface area contributed by atoms with Crippen LogP contribution in [0.2, 0.25) is 0 Å². The highest BCUT2D eigenvalue weighted by atomic mass is 19.4. The molecule has 4 aromatic rings. The maximum atomic E-state index is 12.9. The van der Waals surface area contributed by atoms with Crippen LogP contribution in [0.15, 0.2) is 60.8 Å². The minimum absolute atomic E-state index is 0.0867. The number of ether oxygens (including phenoxy) is 2. The number of hydrogen-bond donors (Lipinski definition) is 2. The quantitative estimate of drug-likeness (QED) is 0.418. The summed E-state index contributed by atoms with van der Waals surface area (Å²) in [6, 6.07) is 12.2. The van der Waals surface area contributed by atoms with E-state index in [1.807, 2.05) is 0 Å². The monoisotopic (exact) mass is 456 g/mol. The van der Waals surface area contributed by atoms with E-state index in [0.717, 1.165) is 12.1 Å². The van der Waals surface area contributed by atoms with Crippen molar-refractivity contribution in [1.82, 2.24) is 15.0 Å². The first kappa shape index (κ1) is 21.8. The van der Waals surface area contributed by atoms with Crippen molar-refractivity contribution in [2.75, 3.05) is 12.4 Å². The number of pyridine rings is 1. The SMILES string of the molecule is COC(=O)c1ccnc(Oc2cccc(NC(=O)c3nc4ccc(C(F)(F)F)cc4[nH]3)c2)c1. The number of halogens is 3. The molecule has 0 aliphatic carbocycles. The molecule has 2 heterocycles. The molecule has 2 N–H and O–H groups in total. The summed E-state index contributed by atoms with van der Waals surface area (Å²) < 4.78 is 49.0. The normalized spacial score (nSPS) is 11.3. The Hall–Kier alpha value is -4.41. The van der Waals surface area contributed by atoms with Crippen molar-refractivity contribution >= 4 is 28.6 Å². The highest BCUT2D eigenvalue weighted by Crippen LogP contribution is 2.31. The number of H-pyrrole nitrogens is 1. The number of nitrogens with zero attached hydrogens (tertiary/aromatic N) is 2. The van der Waals surface area contributed by atoms with Crippen LogP contribution in [0, 0.1) is 0 Å². The second kappa shape index (κ2) is 8.61. The highest BCUT2D eigenvalue weighted by Gasteiger charge is 2.30. The number of amides is 1. The molecular weight excluding hydrogens is 441 g/mol. The lowest BCUT2D eigenvalue weighted by Gasteiger charge is -2.08. The van der Waals surface area contributed by atoms with Gasteiger partial charge in [-0.05, 0) is 36.4 Å². The number of nitrogens with one attached hydrogen (secondary N) is 2. The summed E-state index contributed by atoms with van der Waals surface area (Å²) in [6.07, 6.45) is -3.12. The van der Waals surface area contributed by atoms with E-state index in [0.29, 0.717) is 11.4 Å². The molecule has 0 aliphatic heterocycles. The molecule has 0 atom stereocenters. The van der Waals surface area contributed by atoms with E-state index in [-0.39, 0.29) is 28.3 Å². The topological polar surface area (TPSA) is 106 Å². The number of methoxy groups -OCH3 is 1. The predicted molar refractivity (Wildman–Crippen MR) is 111 cm³/mol. The molecule has 0 spiro atoms. The molecule has 2 aromatic carbocycles. The summed E-state index contributed by atoms with van der Waals surface area (Å²) in [4.78, 5) is 34.9. The van der Waals surface area contributed by atoms with Crippen molar-refractivity contribution in [2.45, 2.75) is 6.18 Å². The van der Waals surface area contributed by atoms with Gasteiger partial charge in [0.25, 0.3) is 5.91 Å². The van der Waals surface area contributed by atoms with Gasteiger partial charge in [0, 0.05) is 24.0 Å². The van der Waals surface area contributed by atoms with Crippen LogP contribution in [0.25, 0.3) is 11.0 Å². The summed E-state index contributed by atoms with van der Waals surface area (Å²) >= 11 is 0. The van der Waals surface area contributed by atoms with Gasteiger partial charge in [-0.1, -0.05) is 6.07 Å². The molecule has 11 heteroatoms. The average molecular weight is 456 g/mol. The van der Waals surface area contributed by atoms with Gasteiger partial charge in [0.05, 0.1) is 29.3 Å². The van der Waals surface area contributed by atoms with Crippen LogP contribution >= 0.6 is 0 Å². The van der Waals surface area contributed by atoms with Crippen molar-refractivity contribution in [3.05, 3.63) is 77.7 Å². The Balaban J connectivity index is 1.50. The molecule has 2 aromatic heterocycles. The van der Waals surface area contributed by atoms with Crippen molar-refractivity contribution in [2.24, 2.45) is 0 Å². The summed E-state index contributed by atoms with van der Waals surface area (Å²) in [5.41, 5.74) is 0.0642. The number of rotatable bonds is 5. The molecule has 0 bridgehead atoms. The van der Waals surface area contributed by atoms with Gasteiger partial charge in [-0.3, -0.25) is 4.79 Å². The average Bonchev–Trinajstić information content (AvgIpc) is 3.22. The number of carbonyl (C=O) groups is 2. The second-order valence-electron chi connectivity index (χ2n) is 6.77. The Bertz CT molecular complexity index is 1350. The molecule has 0 aliphatic rings. The summed E-state index contributed by atoms with van der Waals surface area (Å²) in [5.74, 6) is -0.886. The van der Waals surface area contributed by atoms with Crippen LogP contribution in [0.5, 0.6) is 11.6 Å². The van der Waals surface area contributed by atoms with Gasteiger partial charge >= 0.3 is 12.1 Å². The molecule has 0 saturated carbocycles. The van der Waals surface area contributed by atoms with Gasteiger partial charge in [-0.15, -0.1) is 0 Å². The van der Waals surface area contributed by atoms with E-state index >= 15 is 0 Å². The molecule has 0 radical (unpaired) electrons. The number of esters is 1. The molecule has 0 fully saturated rings. The first-order valence-corrected chi connectivity index (χ1v) is 9.43. The van der Waals surface area contributed by atoms with Crippen molar-refractivity contribution in [3.8, 4) is 11.6 Å². The van der Waals surface area contributed by atoms with Gasteiger partial charge in [0.1, 0.15) is 5.75 Å². The van der Waals surface area contributed by atoms with Crippen molar-refractivity contribution in [3.63, 3.8) is 0 Å². The Labute approximate surface area is 184 Å². The molecule has 4 rings (SSSR count). The van der Waals surface area contributed by atoms with Crippen molar-refractivity contribution < 1.29 is 32.2 Å². The summed E-state index contributed by atoms with van der Waals surface area (Å²) in [6.45, 7) is 0. The predicted octanol–water partition coefficient (Wildman–Crippen LogP) is 4.81. The van der Waals surface area contributed by atoms with E-state index in [1.54, 1.807) is 18.2 Å². The first-order chi connectivity index (χ1) is 15.7. The maximum absolute atomic E-state index is 12.9. The minimum atomic E-state index is -4.51. The van der Waals surface area contributed by atoms with Crippen LogP contribution in [0.4, 0.5) is 18.9 Å². The fourth-order valence-electron chi connectivity index (χ4n) is 2.95. The van der Waals surface area contributed by atoms with Gasteiger partial charge in [0.2, 0.25) is 5.88 Å². The van der Waals surface area contributed by atoms with Crippen molar-refractivity contribution in [1.29, 1.82) is 0 Å². The Kier molecular flexibility index (Phi) is 5.69. The zero-order chi connectivity index (χ0) is 23.6. The maximum Gasteiger partial charge on any atom is 0.416 e. The minimum Gasteiger partial charge on any atom is -0.465 e. The molecule has 33 heavy (non-hydrogen) atoms. The largest absolute Gasteiger partial charge is 0.465 e. The number of imidazole rings is 1. The number of benzene rings is 2. The lowest BCUT2D eigenvalue weighted by Crippen LogP contribution is -2.13. The Morgan fingerprint density at radius 2 is 1.88 bits per heavy atom. The third-order valence-electron chi connectivity index (χ3n) is 4.49. The standard InChI is InChI=1S/C22H15F3N4O4/c1-32-21(31)12-7-8-26-18(9-12)33-15-4-2-3-14(11-15)27-20(30)19-28-16-6-5-13(22(23,24)25)10-17(16)29-19/h2-11H,1H3,(H,27,30)(H,28,29).